The van der Waals surface area contributed by atoms with Crippen LogP contribution in [0.15, 0.2) is 0 Å². The van der Waals surface area contributed by atoms with Crippen molar-refractivity contribution in [2.24, 2.45) is 0 Å². The molecule has 0 unspecified atom stereocenters. The summed E-state index contributed by atoms with van der Waals surface area (Å²) in [5.41, 5.74) is 0. The van der Waals surface area contributed by atoms with E-state index in [1.54, 1.807) is 0 Å². The second-order valence-corrected chi connectivity index (χ2v) is 14.4. The van der Waals surface area contributed by atoms with Crippen molar-refractivity contribution in [2.45, 2.75) is 6.92 Å². The standard InChI is InChI=1S/C2H5I2P/c1-2-5(3)4/h2H2,1H3. The van der Waals surface area contributed by atoms with Crippen molar-refractivity contribution in [3.63, 3.8) is 0 Å². The van der Waals surface area contributed by atoms with Gasteiger partial charge in [-0.15, -0.1) is 0 Å². The van der Waals surface area contributed by atoms with Gasteiger partial charge in [-0.3, -0.25) is 0 Å². The molecule has 0 radical (unpaired) electrons. The maximum Gasteiger partial charge on any atom is 0.0244 e. The second kappa shape index (κ2) is 4.06. The predicted molar refractivity (Wildman–Crippen MR) is 45.5 cm³/mol. The van der Waals surface area contributed by atoms with Crippen LogP contribution in [0.5, 0.6) is 0 Å². The van der Waals surface area contributed by atoms with E-state index in [9.17, 15) is 0 Å². The topological polar surface area (TPSA) is 0 Å². The van der Waals surface area contributed by atoms with Crippen LogP contribution in [0.4, 0.5) is 0 Å². The fourth-order valence-electron chi connectivity index (χ4n) is 0. The van der Waals surface area contributed by atoms with Gasteiger partial charge in [-0.1, -0.05) is 6.92 Å². The van der Waals surface area contributed by atoms with E-state index in [-0.39, 0.29) is 0 Å². The highest BCUT2D eigenvalue weighted by molar-refractivity contribution is 14.3. The average molecular weight is 314 g/mol. The van der Waals surface area contributed by atoms with Gasteiger partial charge in [0.2, 0.25) is 0 Å². The first kappa shape index (κ1) is 6.89. The number of hydrogen-bond acceptors (Lipinski definition) is 0. The van der Waals surface area contributed by atoms with Crippen molar-refractivity contribution >= 4 is 47.3 Å². The summed E-state index contributed by atoms with van der Waals surface area (Å²) in [6, 6.07) is 0. The third kappa shape index (κ3) is 5.89. The molecule has 0 aromatic heterocycles. The van der Waals surface area contributed by atoms with Crippen molar-refractivity contribution in [2.75, 3.05) is 6.16 Å². The minimum atomic E-state index is 0.342. The molecule has 0 atom stereocenters. The number of hydrogen-bond donors (Lipinski definition) is 0. The molecule has 0 aliphatic rings. The first-order valence-corrected chi connectivity index (χ1v) is 8.46. The van der Waals surface area contributed by atoms with Gasteiger partial charge in [0, 0.05) is 3.21 Å². The normalized spacial score (nSPS) is 9.60. The molecule has 0 rings (SSSR count). The summed E-state index contributed by atoms with van der Waals surface area (Å²) in [5.74, 6) is 0. The Labute approximate surface area is 59.8 Å². The lowest BCUT2D eigenvalue weighted by atomic mass is 11.0. The summed E-state index contributed by atoms with van der Waals surface area (Å²) in [7, 11) is 0. The molecule has 0 amide bonds. The van der Waals surface area contributed by atoms with Crippen LogP contribution in [-0.4, -0.2) is 6.16 Å². The largest absolute Gasteiger partial charge is 0.0600 e. The van der Waals surface area contributed by atoms with Gasteiger partial charge in [-0.05, 0) is 50.2 Å². The molecular weight excluding hydrogens is 309 g/mol. The first-order valence-electron chi connectivity index (χ1n) is 1.36. The van der Waals surface area contributed by atoms with E-state index in [0.717, 1.165) is 0 Å². The summed E-state index contributed by atoms with van der Waals surface area (Å²) in [6.45, 7) is 2.21. The van der Waals surface area contributed by atoms with Gasteiger partial charge in [0.15, 0.2) is 0 Å². The van der Waals surface area contributed by atoms with E-state index < -0.39 is 0 Å². The molecule has 0 aromatic carbocycles. The lowest BCUT2D eigenvalue weighted by Gasteiger charge is -1.86. The Hall–Kier alpha value is 1.89. The summed E-state index contributed by atoms with van der Waals surface area (Å²) < 4.78 is 0.342. The van der Waals surface area contributed by atoms with Gasteiger partial charge >= 0.3 is 0 Å². The smallest absolute Gasteiger partial charge is 0.0244 e. The molecule has 0 nitrogen and oxygen atoms in total. The van der Waals surface area contributed by atoms with Crippen LogP contribution in [0.3, 0.4) is 0 Å². The van der Waals surface area contributed by atoms with Gasteiger partial charge in [-0.2, -0.15) is 0 Å². The summed E-state index contributed by atoms with van der Waals surface area (Å²) in [4.78, 5) is 0. The molecule has 0 fully saturated rings. The second-order valence-electron chi connectivity index (χ2n) is 0.619. The summed E-state index contributed by atoms with van der Waals surface area (Å²) in [6.07, 6.45) is 1.34. The molecule has 0 aromatic rings. The van der Waals surface area contributed by atoms with Gasteiger partial charge < -0.3 is 0 Å². The third-order valence-corrected chi connectivity index (χ3v) is 4.81. The van der Waals surface area contributed by atoms with Crippen molar-refractivity contribution in [3.8, 4) is 0 Å². The minimum Gasteiger partial charge on any atom is -0.0600 e. The van der Waals surface area contributed by atoms with Crippen LogP contribution in [-0.2, 0) is 0 Å². The fourth-order valence-corrected chi connectivity index (χ4v) is 0. The molecule has 0 aliphatic carbocycles. The number of rotatable bonds is 1. The highest BCUT2D eigenvalue weighted by Gasteiger charge is 1.84. The van der Waals surface area contributed by atoms with E-state index >= 15 is 0 Å². The summed E-state index contributed by atoms with van der Waals surface area (Å²) in [5, 5.41) is 0. The molecule has 0 spiro atoms. The maximum atomic E-state index is 2.46. The highest BCUT2D eigenvalue weighted by Crippen LogP contribution is 2.52. The van der Waals surface area contributed by atoms with Crippen molar-refractivity contribution in [1.82, 2.24) is 0 Å². The lowest BCUT2D eigenvalue weighted by Crippen LogP contribution is -1.48. The fraction of sp³-hybridized carbons (Fsp3) is 1.00. The quantitative estimate of drug-likeness (QED) is 0.515. The van der Waals surface area contributed by atoms with Gasteiger partial charge in [0.1, 0.15) is 0 Å². The van der Waals surface area contributed by atoms with E-state index in [4.69, 9.17) is 0 Å². The van der Waals surface area contributed by atoms with Crippen LogP contribution in [0, 0.1) is 0 Å². The molecule has 0 saturated heterocycles. The zero-order valence-electron chi connectivity index (χ0n) is 2.91. The van der Waals surface area contributed by atoms with Gasteiger partial charge in [-0.25, -0.2) is 0 Å². The Bertz CT molecular complexity index is 21.6. The molecular formula is C2H5I2P. The van der Waals surface area contributed by atoms with E-state index in [1.165, 1.54) is 6.16 Å². The maximum absolute atomic E-state index is 2.46. The molecule has 0 aliphatic heterocycles. The zero-order valence-corrected chi connectivity index (χ0v) is 8.12. The Kier molecular flexibility index (Phi) is 5.59. The average Bonchev–Trinajstić information content (AvgIpc) is 1.38. The summed E-state index contributed by atoms with van der Waals surface area (Å²) >= 11 is 4.92. The van der Waals surface area contributed by atoms with Crippen LogP contribution < -0.4 is 0 Å². The van der Waals surface area contributed by atoms with Crippen LogP contribution in [0.1, 0.15) is 6.92 Å². The third-order valence-electron chi connectivity index (χ3n) is 0.239. The predicted octanol–water partition coefficient (Wildman–Crippen LogP) is 3.19. The molecule has 0 saturated carbocycles. The molecule has 5 heavy (non-hydrogen) atoms. The minimum absolute atomic E-state index is 0.342. The van der Waals surface area contributed by atoms with Crippen molar-refractivity contribution in [3.05, 3.63) is 0 Å². The highest BCUT2D eigenvalue weighted by atomic mass is 127. The zero-order chi connectivity index (χ0) is 4.28. The van der Waals surface area contributed by atoms with Crippen molar-refractivity contribution < 1.29 is 0 Å². The Morgan fingerprint density at radius 2 is 1.80 bits per heavy atom. The van der Waals surface area contributed by atoms with Crippen LogP contribution in [0.2, 0.25) is 0 Å². The molecule has 0 N–H and O–H groups in total. The van der Waals surface area contributed by atoms with E-state index in [1.807, 2.05) is 0 Å². The van der Waals surface area contributed by atoms with Crippen LogP contribution in [0.25, 0.3) is 0 Å². The molecule has 3 heteroatoms. The van der Waals surface area contributed by atoms with E-state index in [2.05, 4.69) is 51.0 Å². The molecule has 32 valence electrons. The Balaban J connectivity index is 2.54. The molecule has 0 bridgehead atoms. The Morgan fingerprint density at radius 3 is 1.80 bits per heavy atom. The first-order chi connectivity index (χ1) is 2.27. The van der Waals surface area contributed by atoms with E-state index in [0.29, 0.717) is 3.21 Å². The van der Waals surface area contributed by atoms with Crippen molar-refractivity contribution in [1.29, 1.82) is 0 Å². The SMILES string of the molecule is CCP(I)I. The van der Waals surface area contributed by atoms with Crippen LogP contribution >= 0.6 is 47.3 Å². The Morgan fingerprint density at radius 1 is 1.60 bits per heavy atom. The molecule has 0 heterocycles. The number of halogens is 2. The lowest BCUT2D eigenvalue weighted by molar-refractivity contribution is 1.53. The van der Waals surface area contributed by atoms with Gasteiger partial charge in [0.25, 0.3) is 0 Å². The van der Waals surface area contributed by atoms with Gasteiger partial charge in [0.05, 0.1) is 0 Å². The monoisotopic (exact) mass is 314 g/mol.